The Labute approximate surface area is 322 Å². The molecule has 1 fully saturated rings. The summed E-state index contributed by atoms with van der Waals surface area (Å²) in [4.78, 5) is 73.0. The predicted molar refractivity (Wildman–Crippen MR) is 214 cm³/mol. The first kappa shape index (κ1) is 40.9. The third-order valence-corrected chi connectivity index (χ3v) is 10.2. The molecule has 5 rings (SSSR count). The van der Waals surface area contributed by atoms with Crippen molar-refractivity contribution >= 4 is 34.7 Å². The number of hydrogen-bond donors (Lipinski definition) is 6. The maximum Gasteiger partial charge on any atom is 0.326 e. The summed E-state index contributed by atoms with van der Waals surface area (Å²) in [5.41, 5.74) is 15.2. The van der Waals surface area contributed by atoms with Crippen LogP contribution in [0.3, 0.4) is 0 Å². The van der Waals surface area contributed by atoms with Crippen molar-refractivity contribution in [1.29, 1.82) is 0 Å². The molecule has 1 aliphatic rings. The Bertz CT molecular complexity index is 1920. The molecule has 13 heteroatoms. The average molecular weight is 753 g/mol. The van der Waals surface area contributed by atoms with Crippen LogP contribution in [0.15, 0.2) is 89.7 Å². The van der Waals surface area contributed by atoms with Crippen LogP contribution in [-0.4, -0.2) is 81.9 Å². The van der Waals surface area contributed by atoms with Gasteiger partial charge in [-0.3, -0.25) is 23.7 Å². The van der Waals surface area contributed by atoms with Gasteiger partial charge in [-0.05, 0) is 80.7 Å². The van der Waals surface area contributed by atoms with Crippen LogP contribution in [0, 0.1) is 5.92 Å². The van der Waals surface area contributed by atoms with Crippen molar-refractivity contribution < 1.29 is 19.2 Å². The predicted octanol–water partition coefficient (Wildman–Crippen LogP) is 2.94. The number of nitrogens with zero attached hydrogens (tertiary/aromatic N) is 2. The highest BCUT2D eigenvalue weighted by Gasteiger charge is 2.34. The summed E-state index contributed by atoms with van der Waals surface area (Å²) in [7, 11) is 0. The zero-order valence-electron chi connectivity index (χ0n) is 31.9. The van der Waals surface area contributed by atoms with E-state index in [1.54, 1.807) is 9.47 Å². The van der Waals surface area contributed by atoms with Crippen LogP contribution in [0.4, 0.5) is 0 Å². The standard InChI is InChI=1S/C42H56N8O5/c1-28(2)25-35(47-40(53)36(27-30-15-7-4-8-16-30)46-38(51)32(44)26-29-13-5-3-6-14-29)39(52)45-34(18-11-12-22-43)41(54)49-23-20-31(21-24-49)50-37-19-10-9-17-33(37)48-42(50)55/h3-10,13-17,19,28,31-32,34-36H,11-12,18,20-27,43-44H2,1-2H3,(H,45,52)(H,46,51)(H,47,53)(H,48,55)/t32-,34-,35-,36-/m1/s1. The zero-order valence-corrected chi connectivity index (χ0v) is 31.9. The van der Waals surface area contributed by atoms with Gasteiger partial charge in [0, 0.05) is 25.6 Å². The lowest BCUT2D eigenvalue weighted by Gasteiger charge is -2.35. The number of aromatic amines is 1. The smallest absolute Gasteiger partial charge is 0.326 e. The molecule has 1 aliphatic heterocycles. The second-order valence-corrected chi connectivity index (χ2v) is 15.0. The molecule has 0 bridgehead atoms. The molecule has 0 unspecified atom stereocenters. The van der Waals surface area contributed by atoms with E-state index in [9.17, 15) is 24.0 Å². The SMILES string of the molecule is CC(C)C[C@@H](NC(=O)[C@@H](Cc1ccccc1)NC(=O)[C@H](N)Cc1ccccc1)C(=O)N[C@H](CCCCN)C(=O)N1CCC(n2c(=O)[nH]c3ccccc32)CC1. The maximum absolute atomic E-state index is 14.1. The first-order valence-corrected chi connectivity index (χ1v) is 19.5. The number of nitrogens with two attached hydrogens (primary N) is 2. The summed E-state index contributed by atoms with van der Waals surface area (Å²) in [6, 6.07) is 22.5. The summed E-state index contributed by atoms with van der Waals surface area (Å²) in [6.07, 6.45) is 3.67. The van der Waals surface area contributed by atoms with Crippen molar-refractivity contribution in [2.75, 3.05) is 19.6 Å². The highest BCUT2D eigenvalue weighted by Crippen LogP contribution is 2.25. The third-order valence-electron chi connectivity index (χ3n) is 10.2. The van der Waals surface area contributed by atoms with Gasteiger partial charge in [-0.2, -0.15) is 0 Å². The Balaban J connectivity index is 1.27. The van der Waals surface area contributed by atoms with E-state index < -0.39 is 41.9 Å². The second kappa shape index (κ2) is 19.9. The number of carbonyl (C=O) groups is 4. The number of carbonyl (C=O) groups excluding carboxylic acids is 4. The lowest BCUT2D eigenvalue weighted by atomic mass is 9.99. The Morgan fingerprint density at radius 1 is 0.745 bits per heavy atom. The highest BCUT2D eigenvalue weighted by atomic mass is 16.2. The molecule has 2 heterocycles. The number of para-hydroxylation sites is 2. The first-order chi connectivity index (χ1) is 26.5. The van der Waals surface area contributed by atoms with Crippen LogP contribution in [0.2, 0.25) is 0 Å². The van der Waals surface area contributed by atoms with Gasteiger partial charge >= 0.3 is 5.69 Å². The van der Waals surface area contributed by atoms with Crippen LogP contribution >= 0.6 is 0 Å². The van der Waals surface area contributed by atoms with Crippen LogP contribution in [0.1, 0.15) is 69.5 Å². The number of likely N-dealkylation sites (tertiary alicyclic amines) is 1. The molecule has 0 spiro atoms. The number of H-pyrrole nitrogens is 1. The van der Waals surface area contributed by atoms with Crippen LogP contribution in [0.25, 0.3) is 11.0 Å². The van der Waals surface area contributed by atoms with Crippen molar-refractivity contribution in [2.24, 2.45) is 17.4 Å². The number of piperidine rings is 1. The molecule has 1 aromatic heterocycles. The summed E-state index contributed by atoms with van der Waals surface area (Å²) < 4.78 is 1.78. The lowest BCUT2D eigenvalue weighted by molar-refractivity contribution is -0.139. The molecule has 4 amide bonds. The number of aromatic nitrogens is 2. The topological polar surface area (TPSA) is 197 Å². The summed E-state index contributed by atoms with van der Waals surface area (Å²) in [5, 5.41) is 8.73. The number of nitrogens with one attached hydrogen (secondary N) is 4. The van der Waals surface area contributed by atoms with Crippen LogP contribution in [-0.2, 0) is 32.0 Å². The minimum atomic E-state index is -1.01. The minimum absolute atomic E-state index is 0.0239. The maximum atomic E-state index is 14.1. The van der Waals surface area contributed by atoms with Crippen LogP contribution < -0.4 is 33.1 Å². The van der Waals surface area contributed by atoms with E-state index >= 15 is 0 Å². The quantitative estimate of drug-likeness (QED) is 0.0841. The molecule has 13 nitrogen and oxygen atoms in total. The highest BCUT2D eigenvalue weighted by molar-refractivity contribution is 5.95. The zero-order chi connectivity index (χ0) is 39.3. The van der Waals surface area contributed by atoms with Gasteiger partial charge < -0.3 is 37.3 Å². The van der Waals surface area contributed by atoms with Crippen molar-refractivity contribution in [2.45, 2.75) is 95.4 Å². The molecule has 55 heavy (non-hydrogen) atoms. The molecular weight excluding hydrogens is 697 g/mol. The van der Waals surface area contributed by atoms with Crippen LogP contribution in [0.5, 0.6) is 0 Å². The van der Waals surface area contributed by atoms with E-state index in [0.29, 0.717) is 64.6 Å². The Morgan fingerprint density at radius 3 is 1.95 bits per heavy atom. The number of benzene rings is 3. The molecule has 294 valence electrons. The first-order valence-electron chi connectivity index (χ1n) is 19.5. The number of amides is 4. The molecule has 0 radical (unpaired) electrons. The van der Waals surface area contributed by atoms with Gasteiger partial charge in [-0.1, -0.05) is 86.6 Å². The molecule has 1 saturated heterocycles. The van der Waals surface area contributed by atoms with Gasteiger partial charge in [-0.15, -0.1) is 0 Å². The largest absolute Gasteiger partial charge is 0.343 e. The molecule has 0 aliphatic carbocycles. The average Bonchev–Trinajstić information content (AvgIpc) is 3.52. The monoisotopic (exact) mass is 752 g/mol. The van der Waals surface area contributed by atoms with E-state index in [4.69, 9.17) is 11.5 Å². The Kier molecular flexibility index (Phi) is 14.8. The molecule has 4 aromatic rings. The number of fused-ring (bicyclic) bond motifs is 1. The van der Waals surface area contributed by atoms with Gasteiger partial charge in [0.05, 0.1) is 17.1 Å². The number of unbranched alkanes of at least 4 members (excludes halogenated alkanes) is 1. The van der Waals surface area contributed by atoms with Gasteiger partial charge in [0.1, 0.15) is 18.1 Å². The summed E-state index contributed by atoms with van der Waals surface area (Å²) in [6.45, 7) is 5.21. The second-order valence-electron chi connectivity index (χ2n) is 15.0. The molecule has 3 aromatic carbocycles. The third kappa shape index (κ3) is 11.4. The fourth-order valence-corrected chi connectivity index (χ4v) is 7.30. The van der Waals surface area contributed by atoms with E-state index in [0.717, 1.165) is 22.2 Å². The normalized spacial score (nSPS) is 15.6. The van der Waals surface area contributed by atoms with Crippen molar-refractivity contribution in [3.8, 4) is 0 Å². The fourth-order valence-electron chi connectivity index (χ4n) is 7.30. The molecular formula is C42H56N8O5. The number of rotatable bonds is 18. The van der Waals surface area contributed by atoms with E-state index in [2.05, 4.69) is 20.9 Å². The van der Waals surface area contributed by atoms with E-state index in [1.165, 1.54) is 0 Å². The van der Waals surface area contributed by atoms with Gasteiger partial charge in [-0.25, -0.2) is 4.79 Å². The summed E-state index contributed by atoms with van der Waals surface area (Å²) in [5.74, 6) is -1.65. The lowest BCUT2D eigenvalue weighted by Crippen LogP contribution is -2.59. The minimum Gasteiger partial charge on any atom is -0.343 e. The molecule has 8 N–H and O–H groups in total. The van der Waals surface area contributed by atoms with Crippen molar-refractivity contribution in [3.05, 3.63) is 107 Å². The van der Waals surface area contributed by atoms with Gasteiger partial charge in [0.15, 0.2) is 0 Å². The number of imidazole rings is 1. The Hall–Kier alpha value is -5.27. The Morgan fingerprint density at radius 2 is 1.31 bits per heavy atom. The van der Waals surface area contributed by atoms with Gasteiger partial charge in [0.25, 0.3) is 0 Å². The fraction of sp³-hybridized carbons (Fsp3) is 0.452. The van der Waals surface area contributed by atoms with Crippen molar-refractivity contribution in [3.63, 3.8) is 0 Å². The molecule has 0 saturated carbocycles. The molecule has 4 atom stereocenters. The van der Waals surface area contributed by atoms with Crippen molar-refractivity contribution in [1.82, 2.24) is 30.4 Å². The van der Waals surface area contributed by atoms with Gasteiger partial charge in [0.2, 0.25) is 23.6 Å². The van der Waals surface area contributed by atoms with E-state index in [-0.39, 0.29) is 30.0 Å². The number of hydrogen-bond acceptors (Lipinski definition) is 7. The van der Waals surface area contributed by atoms with E-state index in [1.807, 2.05) is 98.8 Å². The summed E-state index contributed by atoms with van der Waals surface area (Å²) >= 11 is 0.